The zero-order valence-electron chi connectivity index (χ0n) is 16.5. The molecular weight excluding hydrogens is 428 g/mol. The highest BCUT2D eigenvalue weighted by Crippen LogP contribution is 2.36. The van der Waals surface area contributed by atoms with Gasteiger partial charge in [-0.1, -0.05) is 42.3 Å². The van der Waals surface area contributed by atoms with Gasteiger partial charge in [-0.05, 0) is 12.5 Å². The van der Waals surface area contributed by atoms with E-state index in [2.05, 4.69) is 17.0 Å². The van der Waals surface area contributed by atoms with Gasteiger partial charge in [0.2, 0.25) is 4.96 Å². The molecule has 0 N–H and O–H groups in total. The molecule has 1 aliphatic rings. The fourth-order valence-electron chi connectivity index (χ4n) is 3.55. The second kappa shape index (κ2) is 8.57. The van der Waals surface area contributed by atoms with Crippen molar-refractivity contribution in [2.24, 2.45) is 0 Å². The Morgan fingerprint density at radius 3 is 2.67 bits per heavy atom. The van der Waals surface area contributed by atoms with Gasteiger partial charge in [0.05, 0.1) is 9.95 Å². The summed E-state index contributed by atoms with van der Waals surface area (Å²) in [6.07, 6.45) is 2.93. The van der Waals surface area contributed by atoms with E-state index in [-0.39, 0.29) is 11.2 Å². The molecule has 9 nitrogen and oxygen atoms in total. The van der Waals surface area contributed by atoms with E-state index in [1.807, 2.05) is 9.80 Å². The lowest BCUT2D eigenvalue weighted by atomic mass is 10.2. The number of anilines is 2. The van der Waals surface area contributed by atoms with Gasteiger partial charge < -0.3 is 9.80 Å². The topological polar surface area (TPSA) is 96.9 Å². The summed E-state index contributed by atoms with van der Waals surface area (Å²) >= 11 is 7.71. The van der Waals surface area contributed by atoms with Crippen molar-refractivity contribution in [3.05, 3.63) is 54.8 Å². The first-order chi connectivity index (χ1) is 14.5. The summed E-state index contributed by atoms with van der Waals surface area (Å²) in [6.45, 7) is 4.35. The van der Waals surface area contributed by atoms with Crippen molar-refractivity contribution in [1.82, 2.24) is 14.6 Å². The molecule has 0 saturated carbocycles. The minimum atomic E-state index is -0.413. The fraction of sp³-hybridized carbons (Fsp3) is 0.421. The van der Waals surface area contributed by atoms with Crippen molar-refractivity contribution in [2.45, 2.75) is 26.2 Å². The highest BCUT2D eigenvalue weighted by atomic mass is 35.5. The Labute approximate surface area is 181 Å². The average molecular weight is 449 g/mol. The number of rotatable bonds is 6. The van der Waals surface area contributed by atoms with Gasteiger partial charge in [0.15, 0.2) is 0 Å². The molecule has 3 heterocycles. The summed E-state index contributed by atoms with van der Waals surface area (Å²) in [7, 11) is 0. The number of nitro benzene ring substituents is 1. The Hall–Kier alpha value is -2.72. The van der Waals surface area contributed by atoms with E-state index in [9.17, 15) is 14.9 Å². The molecule has 0 spiro atoms. The maximum Gasteiger partial charge on any atom is 0.294 e. The molecule has 0 unspecified atom stereocenters. The van der Waals surface area contributed by atoms with E-state index in [1.54, 1.807) is 12.1 Å². The standard InChI is InChI=1S/C19H21ClN6O3S/c1-2-3-7-16-22-25-17(27)12-15(21-19(25)30-16)23-8-10-24(11-9-23)18-13(20)5-4-6-14(18)26(28)29/h4-6,12H,2-3,7-11H2,1H3. The number of para-hydroxylation sites is 1. The van der Waals surface area contributed by atoms with Crippen molar-refractivity contribution >= 4 is 45.1 Å². The van der Waals surface area contributed by atoms with Crippen LogP contribution < -0.4 is 15.4 Å². The molecule has 11 heteroatoms. The van der Waals surface area contributed by atoms with Crippen LogP contribution in [0.5, 0.6) is 0 Å². The van der Waals surface area contributed by atoms with E-state index >= 15 is 0 Å². The summed E-state index contributed by atoms with van der Waals surface area (Å²) in [6, 6.07) is 6.21. The Bertz CT molecular complexity index is 1140. The number of hydrogen-bond donors (Lipinski definition) is 0. The minimum absolute atomic E-state index is 0.00184. The molecule has 1 saturated heterocycles. The number of halogens is 1. The first-order valence-electron chi connectivity index (χ1n) is 9.80. The molecule has 30 heavy (non-hydrogen) atoms. The molecule has 1 fully saturated rings. The monoisotopic (exact) mass is 448 g/mol. The van der Waals surface area contributed by atoms with Gasteiger partial charge >= 0.3 is 0 Å². The molecule has 0 atom stereocenters. The number of nitro groups is 1. The number of nitrogens with zero attached hydrogens (tertiary/aromatic N) is 6. The quantitative estimate of drug-likeness (QED) is 0.421. The van der Waals surface area contributed by atoms with Crippen molar-refractivity contribution in [3.8, 4) is 0 Å². The first kappa shape index (κ1) is 20.5. The Kier molecular flexibility index (Phi) is 5.87. The maximum atomic E-state index is 12.5. The normalized spacial score (nSPS) is 14.5. The van der Waals surface area contributed by atoms with Crippen LogP contribution >= 0.6 is 22.9 Å². The zero-order chi connectivity index (χ0) is 21.3. The smallest absolute Gasteiger partial charge is 0.294 e. The summed E-state index contributed by atoms with van der Waals surface area (Å²) < 4.78 is 1.36. The Morgan fingerprint density at radius 2 is 1.97 bits per heavy atom. The van der Waals surface area contributed by atoms with E-state index in [0.29, 0.717) is 47.7 Å². The molecule has 4 rings (SSSR count). The van der Waals surface area contributed by atoms with Gasteiger partial charge in [-0.15, -0.1) is 0 Å². The van der Waals surface area contributed by atoms with Crippen LogP contribution in [0.4, 0.5) is 17.2 Å². The van der Waals surface area contributed by atoms with E-state index in [4.69, 9.17) is 11.6 Å². The van der Waals surface area contributed by atoms with Gasteiger partial charge in [0.25, 0.3) is 11.2 Å². The van der Waals surface area contributed by atoms with Crippen LogP contribution in [-0.4, -0.2) is 45.7 Å². The van der Waals surface area contributed by atoms with E-state index < -0.39 is 4.92 Å². The number of unbranched alkanes of at least 4 members (excludes halogenated alkanes) is 1. The zero-order valence-corrected chi connectivity index (χ0v) is 18.0. The first-order valence-corrected chi connectivity index (χ1v) is 11.0. The van der Waals surface area contributed by atoms with E-state index in [0.717, 1.165) is 24.3 Å². The summed E-state index contributed by atoms with van der Waals surface area (Å²) in [5.41, 5.74) is 0.242. The van der Waals surface area contributed by atoms with Crippen molar-refractivity contribution < 1.29 is 4.92 Å². The lowest BCUT2D eigenvalue weighted by Gasteiger charge is -2.36. The number of fused-ring (bicyclic) bond motifs is 1. The average Bonchev–Trinajstić information content (AvgIpc) is 3.16. The van der Waals surface area contributed by atoms with Crippen LogP contribution in [0.25, 0.3) is 4.96 Å². The second-order valence-electron chi connectivity index (χ2n) is 7.09. The Balaban J connectivity index is 1.54. The molecule has 1 aromatic carbocycles. The van der Waals surface area contributed by atoms with Crippen molar-refractivity contribution in [3.63, 3.8) is 0 Å². The van der Waals surface area contributed by atoms with Crippen molar-refractivity contribution in [1.29, 1.82) is 0 Å². The van der Waals surface area contributed by atoms with Gasteiger partial charge in [-0.2, -0.15) is 9.61 Å². The number of benzene rings is 1. The van der Waals surface area contributed by atoms with Crippen molar-refractivity contribution in [2.75, 3.05) is 36.0 Å². The number of piperazine rings is 1. The summed E-state index contributed by atoms with van der Waals surface area (Å²) in [4.78, 5) is 32.7. The van der Waals surface area contributed by atoms with Gasteiger partial charge in [0, 0.05) is 44.7 Å². The second-order valence-corrected chi connectivity index (χ2v) is 8.53. The highest BCUT2D eigenvalue weighted by Gasteiger charge is 2.27. The van der Waals surface area contributed by atoms with Crippen LogP contribution in [0, 0.1) is 10.1 Å². The predicted octanol–water partition coefficient (Wildman–Crippen LogP) is 3.38. The number of aryl methyl sites for hydroxylation is 1. The van der Waals surface area contributed by atoms with Crippen LogP contribution in [0.15, 0.2) is 29.1 Å². The van der Waals surface area contributed by atoms with Crippen LogP contribution in [-0.2, 0) is 6.42 Å². The highest BCUT2D eigenvalue weighted by molar-refractivity contribution is 7.16. The molecule has 158 valence electrons. The summed E-state index contributed by atoms with van der Waals surface area (Å²) in [5, 5.41) is 17.0. The van der Waals surface area contributed by atoms with Gasteiger partial charge in [0.1, 0.15) is 16.5 Å². The molecular formula is C19H21ClN6O3S. The SMILES string of the molecule is CCCCc1nn2c(=O)cc(N3CCN(c4c(Cl)cccc4[N+](=O)[O-])CC3)nc2s1. The molecule has 0 amide bonds. The molecule has 0 radical (unpaired) electrons. The summed E-state index contributed by atoms with van der Waals surface area (Å²) in [5.74, 6) is 0.610. The molecule has 0 bridgehead atoms. The maximum absolute atomic E-state index is 12.5. The third-order valence-electron chi connectivity index (χ3n) is 5.10. The van der Waals surface area contributed by atoms with Crippen LogP contribution in [0.1, 0.15) is 24.8 Å². The largest absolute Gasteiger partial charge is 0.361 e. The fourth-order valence-corrected chi connectivity index (χ4v) is 4.78. The lowest BCUT2D eigenvalue weighted by molar-refractivity contribution is -0.384. The molecule has 3 aromatic rings. The Morgan fingerprint density at radius 1 is 1.23 bits per heavy atom. The van der Waals surface area contributed by atoms with Gasteiger partial charge in [-0.25, -0.2) is 4.98 Å². The number of aromatic nitrogens is 3. The number of hydrogen-bond acceptors (Lipinski definition) is 8. The van der Waals surface area contributed by atoms with Crippen LogP contribution in [0.3, 0.4) is 0 Å². The predicted molar refractivity (Wildman–Crippen MR) is 118 cm³/mol. The molecule has 1 aliphatic heterocycles. The molecule has 0 aliphatic carbocycles. The minimum Gasteiger partial charge on any atom is -0.361 e. The molecule has 2 aromatic heterocycles. The van der Waals surface area contributed by atoms with E-state index in [1.165, 1.54) is 28.0 Å². The third kappa shape index (κ3) is 3.97. The van der Waals surface area contributed by atoms with Gasteiger partial charge in [-0.3, -0.25) is 14.9 Å². The third-order valence-corrected chi connectivity index (χ3v) is 6.37. The lowest BCUT2D eigenvalue weighted by Crippen LogP contribution is -2.47. The van der Waals surface area contributed by atoms with Crippen LogP contribution in [0.2, 0.25) is 5.02 Å².